The Kier molecular flexibility index (Phi) is 3.74. The molecule has 3 rings (SSSR count). The lowest BCUT2D eigenvalue weighted by Gasteiger charge is -2.48. The fraction of sp³-hybridized carbons (Fsp3) is 0.647. The van der Waals surface area contributed by atoms with Crippen LogP contribution in [-0.4, -0.2) is 23.8 Å². The molecular weight excluding hydrogens is 248 g/mol. The van der Waals surface area contributed by atoms with E-state index >= 15 is 0 Å². The Balaban J connectivity index is 1.77. The van der Waals surface area contributed by atoms with Gasteiger partial charge in [-0.05, 0) is 49.4 Å². The first-order chi connectivity index (χ1) is 9.62. The Morgan fingerprint density at radius 3 is 2.95 bits per heavy atom. The standard InChI is InChI=1S/C17H26N2O/c1-13-10-16(6-5-14(13)11-18)19-9-8-17(20)7-3-2-4-15(17)12-19/h5-6,10,15,20H,2-4,7-9,11-12,18H2,1H3. The summed E-state index contributed by atoms with van der Waals surface area (Å²) in [5, 5.41) is 10.7. The van der Waals surface area contributed by atoms with E-state index in [9.17, 15) is 5.11 Å². The van der Waals surface area contributed by atoms with Crippen LogP contribution in [0.25, 0.3) is 0 Å². The number of fused-ring (bicyclic) bond motifs is 1. The highest BCUT2D eigenvalue weighted by atomic mass is 16.3. The van der Waals surface area contributed by atoms with Crippen molar-refractivity contribution < 1.29 is 5.11 Å². The van der Waals surface area contributed by atoms with Gasteiger partial charge in [-0.2, -0.15) is 0 Å². The SMILES string of the molecule is Cc1cc(N2CCC3(O)CCCCC3C2)ccc1CN. The molecule has 1 saturated heterocycles. The molecule has 2 atom stereocenters. The van der Waals surface area contributed by atoms with Gasteiger partial charge in [-0.25, -0.2) is 0 Å². The fourth-order valence-corrected chi connectivity index (χ4v) is 3.91. The summed E-state index contributed by atoms with van der Waals surface area (Å²) >= 11 is 0. The minimum absolute atomic E-state index is 0.388. The first-order valence-electron chi connectivity index (χ1n) is 7.89. The van der Waals surface area contributed by atoms with E-state index < -0.39 is 0 Å². The summed E-state index contributed by atoms with van der Waals surface area (Å²) in [6.45, 7) is 4.70. The average molecular weight is 274 g/mol. The molecule has 3 nitrogen and oxygen atoms in total. The van der Waals surface area contributed by atoms with Crippen LogP contribution >= 0.6 is 0 Å². The molecule has 1 aromatic carbocycles. The molecule has 0 amide bonds. The van der Waals surface area contributed by atoms with Gasteiger partial charge < -0.3 is 15.7 Å². The lowest BCUT2D eigenvalue weighted by Crippen LogP contribution is -2.53. The molecule has 3 N–H and O–H groups in total. The largest absolute Gasteiger partial charge is 0.389 e. The van der Waals surface area contributed by atoms with E-state index in [2.05, 4.69) is 30.0 Å². The summed E-state index contributed by atoms with van der Waals surface area (Å²) < 4.78 is 0. The zero-order valence-electron chi connectivity index (χ0n) is 12.4. The number of hydrogen-bond acceptors (Lipinski definition) is 3. The van der Waals surface area contributed by atoms with E-state index in [1.54, 1.807) is 0 Å². The number of aliphatic hydroxyl groups is 1. The maximum Gasteiger partial charge on any atom is 0.0709 e. The number of anilines is 1. The van der Waals surface area contributed by atoms with Crippen LogP contribution in [0.4, 0.5) is 5.69 Å². The Bertz CT molecular complexity index is 488. The van der Waals surface area contributed by atoms with Crippen LogP contribution in [0.3, 0.4) is 0 Å². The van der Waals surface area contributed by atoms with Crippen molar-refractivity contribution in [2.45, 2.75) is 51.2 Å². The van der Waals surface area contributed by atoms with Gasteiger partial charge in [0.1, 0.15) is 0 Å². The number of piperidine rings is 1. The van der Waals surface area contributed by atoms with Gasteiger partial charge >= 0.3 is 0 Å². The zero-order chi connectivity index (χ0) is 14.2. The van der Waals surface area contributed by atoms with Gasteiger partial charge in [-0.3, -0.25) is 0 Å². The average Bonchev–Trinajstić information content (AvgIpc) is 2.46. The Labute approximate surface area is 121 Å². The Morgan fingerprint density at radius 1 is 1.35 bits per heavy atom. The number of aryl methyl sites for hydroxylation is 1. The molecule has 2 aliphatic rings. The minimum Gasteiger partial charge on any atom is -0.389 e. The van der Waals surface area contributed by atoms with Crippen LogP contribution in [0.15, 0.2) is 18.2 Å². The third kappa shape index (κ3) is 2.45. The van der Waals surface area contributed by atoms with Crippen molar-refractivity contribution in [3.8, 4) is 0 Å². The van der Waals surface area contributed by atoms with Gasteiger partial charge in [0.15, 0.2) is 0 Å². The van der Waals surface area contributed by atoms with Gasteiger partial charge in [0, 0.05) is 31.2 Å². The molecule has 1 heterocycles. The molecule has 0 spiro atoms. The molecule has 1 saturated carbocycles. The highest BCUT2D eigenvalue weighted by Crippen LogP contribution is 2.40. The molecule has 0 radical (unpaired) electrons. The first-order valence-corrected chi connectivity index (χ1v) is 7.89. The quantitative estimate of drug-likeness (QED) is 0.871. The van der Waals surface area contributed by atoms with Crippen LogP contribution in [0.1, 0.15) is 43.2 Å². The maximum absolute atomic E-state index is 10.7. The predicted molar refractivity (Wildman–Crippen MR) is 82.8 cm³/mol. The number of rotatable bonds is 2. The summed E-state index contributed by atoms with van der Waals surface area (Å²) in [6.07, 6.45) is 5.54. The van der Waals surface area contributed by atoms with Crippen molar-refractivity contribution >= 4 is 5.69 Å². The van der Waals surface area contributed by atoms with Gasteiger partial charge in [-0.1, -0.05) is 18.9 Å². The molecule has 20 heavy (non-hydrogen) atoms. The van der Waals surface area contributed by atoms with E-state index in [4.69, 9.17) is 5.73 Å². The van der Waals surface area contributed by atoms with Gasteiger partial charge in [0.05, 0.1) is 5.60 Å². The monoisotopic (exact) mass is 274 g/mol. The van der Waals surface area contributed by atoms with Gasteiger partial charge in [0.2, 0.25) is 0 Å². The van der Waals surface area contributed by atoms with Crippen molar-refractivity contribution in [3.05, 3.63) is 29.3 Å². The van der Waals surface area contributed by atoms with Crippen molar-refractivity contribution in [2.24, 2.45) is 11.7 Å². The molecule has 0 bridgehead atoms. The van der Waals surface area contributed by atoms with Crippen molar-refractivity contribution in [1.82, 2.24) is 0 Å². The molecule has 2 fully saturated rings. The van der Waals surface area contributed by atoms with E-state index in [0.29, 0.717) is 12.5 Å². The second-order valence-corrected chi connectivity index (χ2v) is 6.56. The fourth-order valence-electron chi connectivity index (χ4n) is 3.91. The summed E-state index contributed by atoms with van der Waals surface area (Å²) in [5.41, 5.74) is 9.13. The van der Waals surface area contributed by atoms with Crippen molar-refractivity contribution in [1.29, 1.82) is 0 Å². The smallest absolute Gasteiger partial charge is 0.0709 e. The van der Waals surface area contributed by atoms with Crippen molar-refractivity contribution in [2.75, 3.05) is 18.0 Å². The first kappa shape index (κ1) is 13.9. The summed E-state index contributed by atoms with van der Waals surface area (Å²) in [6, 6.07) is 6.57. The highest BCUT2D eigenvalue weighted by molar-refractivity contribution is 5.51. The highest BCUT2D eigenvalue weighted by Gasteiger charge is 2.42. The summed E-state index contributed by atoms with van der Waals surface area (Å²) in [5.74, 6) is 0.444. The second kappa shape index (κ2) is 5.38. The summed E-state index contributed by atoms with van der Waals surface area (Å²) in [4.78, 5) is 2.44. The number of hydrogen-bond donors (Lipinski definition) is 2. The molecule has 1 aliphatic heterocycles. The lowest BCUT2D eigenvalue weighted by atomic mass is 9.71. The number of nitrogens with two attached hydrogens (primary N) is 1. The normalized spacial score (nSPS) is 30.1. The van der Waals surface area contributed by atoms with E-state index in [-0.39, 0.29) is 5.60 Å². The molecule has 0 aromatic heterocycles. The minimum atomic E-state index is -0.388. The van der Waals surface area contributed by atoms with Gasteiger partial charge in [-0.15, -0.1) is 0 Å². The van der Waals surface area contributed by atoms with Crippen LogP contribution in [0.2, 0.25) is 0 Å². The zero-order valence-corrected chi connectivity index (χ0v) is 12.4. The Hall–Kier alpha value is -1.06. The van der Waals surface area contributed by atoms with Crippen LogP contribution in [-0.2, 0) is 6.54 Å². The number of nitrogens with zero attached hydrogens (tertiary/aromatic N) is 1. The molecule has 2 unspecified atom stereocenters. The molecule has 110 valence electrons. The summed E-state index contributed by atoms with van der Waals surface area (Å²) in [7, 11) is 0. The molecule has 3 heteroatoms. The third-order valence-corrected chi connectivity index (χ3v) is 5.34. The van der Waals surface area contributed by atoms with E-state index in [0.717, 1.165) is 25.9 Å². The van der Waals surface area contributed by atoms with E-state index in [1.807, 2.05) is 0 Å². The lowest BCUT2D eigenvalue weighted by molar-refractivity contribution is -0.0612. The molecular formula is C17H26N2O. The topological polar surface area (TPSA) is 49.5 Å². The van der Waals surface area contributed by atoms with Crippen LogP contribution in [0, 0.1) is 12.8 Å². The van der Waals surface area contributed by atoms with E-state index in [1.165, 1.54) is 36.1 Å². The second-order valence-electron chi connectivity index (χ2n) is 6.56. The van der Waals surface area contributed by atoms with Crippen molar-refractivity contribution in [3.63, 3.8) is 0 Å². The maximum atomic E-state index is 10.7. The Morgan fingerprint density at radius 2 is 2.20 bits per heavy atom. The van der Waals surface area contributed by atoms with Crippen LogP contribution in [0.5, 0.6) is 0 Å². The third-order valence-electron chi connectivity index (χ3n) is 5.34. The number of benzene rings is 1. The molecule has 1 aromatic rings. The molecule has 1 aliphatic carbocycles. The predicted octanol–water partition coefficient (Wildman–Crippen LogP) is 2.59. The van der Waals surface area contributed by atoms with Gasteiger partial charge in [0.25, 0.3) is 0 Å². The van der Waals surface area contributed by atoms with Crippen LogP contribution < -0.4 is 10.6 Å².